The number of fused-ring (bicyclic) bond motifs is 3. The molecule has 2 N–H and O–H groups in total. The molecule has 4 rings (SSSR count). The number of rotatable bonds is 8. The average Bonchev–Trinajstić information content (AvgIpc) is 3.18. The van der Waals surface area contributed by atoms with Crippen LogP contribution in [0.1, 0.15) is 36.2 Å². The van der Waals surface area contributed by atoms with Gasteiger partial charge in [0, 0.05) is 23.8 Å². The summed E-state index contributed by atoms with van der Waals surface area (Å²) in [5.41, 5.74) is 1.07. The van der Waals surface area contributed by atoms with Crippen molar-refractivity contribution in [3.05, 3.63) is 87.1 Å². The summed E-state index contributed by atoms with van der Waals surface area (Å²) in [4.78, 5) is 52.1. The molecule has 2 heterocycles. The Bertz CT molecular complexity index is 1610. The third-order valence-electron chi connectivity index (χ3n) is 6.05. The first-order chi connectivity index (χ1) is 17.2. The minimum absolute atomic E-state index is 0.0361. The fraction of sp³-hybridized carbons (Fsp3) is 0.269. The summed E-state index contributed by atoms with van der Waals surface area (Å²) in [6.07, 6.45) is 2.28. The largest absolute Gasteiger partial charge is 0.352 e. The summed E-state index contributed by atoms with van der Waals surface area (Å²) in [5.74, 6) is -0.696. The number of benzene rings is 2. The van der Waals surface area contributed by atoms with Crippen molar-refractivity contribution in [1.29, 1.82) is 0 Å². The summed E-state index contributed by atoms with van der Waals surface area (Å²) < 4.78 is 3.57. The van der Waals surface area contributed by atoms with Gasteiger partial charge >= 0.3 is 5.69 Å². The summed E-state index contributed by atoms with van der Waals surface area (Å²) in [5, 5.41) is 10.2. The van der Waals surface area contributed by atoms with Gasteiger partial charge < -0.3 is 10.6 Å². The maximum absolute atomic E-state index is 13.4. The van der Waals surface area contributed by atoms with Crippen molar-refractivity contribution in [2.75, 3.05) is 5.32 Å². The van der Waals surface area contributed by atoms with E-state index in [4.69, 9.17) is 0 Å². The van der Waals surface area contributed by atoms with Gasteiger partial charge in [-0.25, -0.2) is 13.9 Å². The molecule has 4 aromatic rings. The van der Waals surface area contributed by atoms with Crippen LogP contribution in [0.4, 0.5) is 5.69 Å². The van der Waals surface area contributed by atoms with Gasteiger partial charge in [-0.15, -0.1) is 11.7 Å². The van der Waals surface area contributed by atoms with E-state index < -0.39 is 11.6 Å². The Morgan fingerprint density at radius 2 is 1.92 bits per heavy atom. The highest BCUT2D eigenvalue weighted by molar-refractivity contribution is 5.98. The minimum atomic E-state index is -0.604. The van der Waals surface area contributed by atoms with E-state index >= 15 is 0 Å². The molecule has 36 heavy (non-hydrogen) atoms. The Labute approximate surface area is 206 Å². The molecule has 1 unspecified atom stereocenters. The van der Waals surface area contributed by atoms with E-state index in [1.807, 2.05) is 32.9 Å². The predicted octanol–water partition coefficient (Wildman–Crippen LogP) is 2.47. The number of anilines is 1. The van der Waals surface area contributed by atoms with Crippen LogP contribution in [0.5, 0.6) is 0 Å². The van der Waals surface area contributed by atoms with Crippen LogP contribution >= 0.6 is 0 Å². The van der Waals surface area contributed by atoms with Crippen molar-refractivity contribution in [3.63, 3.8) is 0 Å². The maximum atomic E-state index is 13.4. The minimum Gasteiger partial charge on any atom is -0.350 e. The molecule has 10 heteroatoms. The fourth-order valence-electron chi connectivity index (χ4n) is 3.90. The van der Waals surface area contributed by atoms with Gasteiger partial charge in [-0.3, -0.25) is 19.0 Å². The maximum Gasteiger partial charge on any atom is 0.352 e. The first-order valence-corrected chi connectivity index (χ1v) is 11.7. The number of carbonyl (C=O) groups excluding carboxylic acids is 2. The molecule has 0 aliphatic carbocycles. The lowest BCUT2D eigenvalue weighted by molar-refractivity contribution is -0.117. The molecule has 0 radical (unpaired) electrons. The van der Waals surface area contributed by atoms with Crippen molar-refractivity contribution in [3.8, 4) is 0 Å². The second-order valence-corrected chi connectivity index (χ2v) is 8.66. The van der Waals surface area contributed by atoms with Crippen molar-refractivity contribution in [1.82, 2.24) is 24.1 Å². The van der Waals surface area contributed by atoms with Crippen LogP contribution in [-0.2, 0) is 17.9 Å². The second kappa shape index (κ2) is 10.0. The van der Waals surface area contributed by atoms with Gasteiger partial charge in [-0.05, 0) is 50.1 Å². The molecule has 2 amide bonds. The first kappa shape index (κ1) is 24.6. The van der Waals surface area contributed by atoms with Gasteiger partial charge in [0.2, 0.25) is 11.7 Å². The van der Waals surface area contributed by atoms with E-state index in [2.05, 4.69) is 22.3 Å². The zero-order valence-corrected chi connectivity index (χ0v) is 20.4. The molecule has 0 aliphatic heterocycles. The summed E-state index contributed by atoms with van der Waals surface area (Å²) in [7, 11) is 0. The van der Waals surface area contributed by atoms with Crippen molar-refractivity contribution >= 4 is 34.2 Å². The van der Waals surface area contributed by atoms with Gasteiger partial charge in [0.1, 0.15) is 6.54 Å². The molecule has 0 saturated carbocycles. The number of nitrogens with zero attached hydrogens (tertiary/aromatic N) is 4. The van der Waals surface area contributed by atoms with Crippen LogP contribution in [0.25, 0.3) is 16.7 Å². The SMILES string of the molecule is C=CCn1c(=O)c2ccc(C(=O)NC(C)CC)cc2n2c(=O)n(CC(=O)Nc3ccccc3C)nc12. The molecular formula is C26H28N6O4. The lowest BCUT2D eigenvalue weighted by Crippen LogP contribution is -2.32. The molecule has 186 valence electrons. The monoisotopic (exact) mass is 488 g/mol. The Morgan fingerprint density at radius 1 is 1.17 bits per heavy atom. The van der Waals surface area contributed by atoms with Crippen molar-refractivity contribution in [2.24, 2.45) is 0 Å². The van der Waals surface area contributed by atoms with E-state index in [1.165, 1.54) is 27.2 Å². The molecule has 0 bridgehead atoms. The molecule has 2 aromatic carbocycles. The molecule has 2 aromatic heterocycles. The predicted molar refractivity (Wildman–Crippen MR) is 138 cm³/mol. The van der Waals surface area contributed by atoms with Gasteiger partial charge in [0.05, 0.1) is 10.9 Å². The molecule has 10 nitrogen and oxygen atoms in total. The van der Waals surface area contributed by atoms with Crippen LogP contribution in [0.2, 0.25) is 0 Å². The molecule has 0 saturated heterocycles. The highest BCUT2D eigenvalue weighted by Gasteiger charge is 2.20. The standard InChI is InChI=1S/C26H28N6O4/c1-5-13-30-24(35)19-12-11-18(23(34)27-17(4)6-2)14-21(19)32-25(30)29-31(26(32)36)15-22(33)28-20-10-8-7-9-16(20)3/h5,7-12,14,17H,1,6,13,15H2,2-4H3,(H,27,34)(H,28,33). The highest BCUT2D eigenvalue weighted by atomic mass is 16.2. The quantitative estimate of drug-likeness (QED) is 0.369. The Kier molecular flexibility index (Phi) is 6.86. The average molecular weight is 489 g/mol. The number of hydrogen-bond donors (Lipinski definition) is 2. The van der Waals surface area contributed by atoms with Crippen LogP contribution in [0, 0.1) is 6.92 Å². The van der Waals surface area contributed by atoms with Crippen LogP contribution in [0.3, 0.4) is 0 Å². The third kappa shape index (κ3) is 4.57. The zero-order valence-electron chi connectivity index (χ0n) is 20.4. The topological polar surface area (TPSA) is 120 Å². The van der Waals surface area contributed by atoms with E-state index in [1.54, 1.807) is 18.2 Å². The lowest BCUT2D eigenvalue weighted by atomic mass is 10.1. The molecule has 0 aliphatic rings. The number of aromatic nitrogens is 4. The van der Waals surface area contributed by atoms with Crippen LogP contribution in [0.15, 0.2) is 64.7 Å². The second-order valence-electron chi connectivity index (χ2n) is 8.66. The number of amides is 2. The number of nitrogens with one attached hydrogen (secondary N) is 2. The summed E-state index contributed by atoms with van der Waals surface area (Å²) in [6, 6.07) is 11.8. The molecule has 1 atom stereocenters. The number of allylic oxidation sites excluding steroid dienone is 1. The summed E-state index contributed by atoms with van der Waals surface area (Å²) in [6.45, 7) is 9.16. The Balaban J connectivity index is 1.83. The van der Waals surface area contributed by atoms with Crippen molar-refractivity contribution < 1.29 is 9.59 Å². The lowest BCUT2D eigenvalue weighted by Gasteiger charge is -2.12. The molecule has 0 fully saturated rings. The van der Waals surface area contributed by atoms with E-state index in [-0.39, 0.29) is 47.3 Å². The fourth-order valence-corrected chi connectivity index (χ4v) is 3.90. The van der Waals surface area contributed by atoms with Gasteiger partial charge in [-0.2, -0.15) is 0 Å². The van der Waals surface area contributed by atoms with E-state index in [0.29, 0.717) is 11.3 Å². The molecular weight excluding hydrogens is 460 g/mol. The Morgan fingerprint density at radius 3 is 2.61 bits per heavy atom. The zero-order chi connectivity index (χ0) is 26.0. The number of aryl methyl sites for hydroxylation is 1. The molecule has 0 spiro atoms. The highest BCUT2D eigenvalue weighted by Crippen LogP contribution is 2.16. The van der Waals surface area contributed by atoms with Crippen LogP contribution in [-0.4, -0.2) is 36.6 Å². The smallest absolute Gasteiger partial charge is 0.350 e. The van der Waals surface area contributed by atoms with Crippen molar-refractivity contribution in [2.45, 2.75) is 46.3 Å². The van der Waals surface area contributed by atoms with Gasteiger partial charge in [0.15, 0.2) is 0 Å². The first-order valence-electron chi connectivity index (χ1n) is 11.7. The number of hydrogen-bond acceptors (Lipinski definition) is 5. The van der Waals surface area contributed by atoms with E-state index in [9.17, 15) is 19.2 Å². The van der Waals surface area contributed by atoms with E-state index in [0.717, 1.165) is 16.7 Å². The number of carbonyl (C=O) groups is 2. The summed E-state index contributed by atoms with van der Waals surface area (Å²) >= 11 is 0. The Hall–Kier alpha value is -4.47. The van der Waals surface area contributed by atoms with Gasteiger partial charge in [0.25, 0.3) is 11.5 Å². The normalized spacial score (nSPS) is 12.0. The van der Waals surface area contributed by atoms with Gasteiger partial charge in [-0.1, -0.05) is 31.2 Å². The van der Waals surface area contributed by atoms with Crippen LogP contribution < -0.4 is 21.9 Å². The third-order valence-corrected chi connectivity index (χ3v) is 6.05. The number of para-hydroxylation sites is 1.